The van der Waals surface area contributed by atoms with E-state index in [0.717, 1.165) is 5.00 Å². The van der Waals surface area contributed by atoms with E-state index >= 15 is 0 Å². The number of hydrogen-bond acceptors (Lipinski definition) is 5. The normalized spacial score (nSPS) is 17.9. The summed E-state index contributed by atoms with van der Waals surface area (Å²) >= 11 is 1.31. The molecule has 114 valence electrons. The highest BCUT2D eigenvalue weighted by Crippen LogP contribution is 2.47. The highest BCUT2D eigenvalue weighted by atomic mass is 32.1. The number of ketones is 1. The second-order valence-electron chi connectivity index (χ2n) is 6.03. The Hall–Kier alpha value is -1.56. The Morgan fingerprint density at radius 1 is 1.24 bits per heavy atom. The number of carbonyl (C=O) groups excluding carboxylic acids is 2. The Bertz CT molecular complexity index is 576. The van der Waals surface area contributed by atoms with Gasteiger partial charge < -0.3 is 16.4 Å². The van der Waals surface area contributed by atoms with Gasteiger partial charge in [0, 0.05) is 20.0 Å². The number of rotatable bonds is 6. The van der Waals surface area contributed by atoms with E-state index in [1.54, 1.807) is 7.05 Å². The van der Waals surface area contributed by atoms with Gasteiger partial charge in [0.05, 0.1) is 16.1 Å². The van der Waals surface area contributed by atoms with Crippen LogP contribution in [0.15, 0.2) is 0 Å². The Kier molecular flexibility index (Phi) is 3.65. The van der Waals surface area contributed by atoms with Crippen LogP contribution in [0.25, 0.3) is 0 Å². The van der Waals surface area contributed by atoms with E-state index in [-0.39, 0.29) is 11.7 Å². The Morgan fingerprint density at radius 2 is 1.81 bits per heavy atom. The van der Waals surface area contributed by atoms with Gasteiger partial charge in [0.1, 0.15) is 5.00 Å². The molecule has 1 aromatic heterocycles. The van der Waals surface area contributed by atoms with Gasteiger partial charge in [-0.05, 0) is 37.5 Å². The van der Waals surface area contributed by atoms with Gasteiger partial charge >= 0.3 is 0 Å². The fourth-order valence-electron chi connectivity index (χ4n) is 2.84. The molecule has 1 amide bonds. The van der Waals surface area contributed by atoms with Crippen LogP contribution in [0, 0.1) is 11.8 Å². The number of Topliss-reactive ketones (excluding diaryl/α,β-unsaturated/α-hetero) is 1. The van der Waals surface area contributed by atoms with Gasteiger partial charge in [-0.15, -0.1) is 11.3 Å². The number of nitrogens with one attached hydrogen (secondary N) is 2. The zero-order chi connectivity index (χ0) is 15.1. The first-order valence-corrected chi connectivity index (χ1v) is 8.26. The number of amides is 1. The zero-order valence-electron chi connectivity index (χ0n) is 12.4. The molecule has 5 nitrogen and oxygen atoms in total. The van der Waals surface area contributed by atoms with E-state index in [0.29, 0.717) is 34.0 Å². The SMILES string of the molecule is CNC(=O)c1c(NC(C2CC2)C2CC2)sc(C(C)=O)c1N. The summed E-state index contributed by atoms with van der Waals surface area (Å²) < 4.78 is 0. The molecule has 0 radical (unpaired) electrons. The standard InChI is InChI=1S/C15H21N3O2S/c1-7(19)13-11(16)10(14(20)17-2)15(21-13)18-12(8-3-4-8)9-5-6-9/h8-9,12,18H,3-6,16H2,1-2H3,(H,17,20). The maximum Gasteiger partial charge on any atom is 0.256 e. The smallest absolute Gasteiger partial charge is 0.256 e. The Labute approximate surface area is 128 Å². The van der Waals surface area contributed by atoms with Crippen molar-refractivity contribution >= 4 is 33.7 Å². The lowest BCUT2D eigenvalue weighted by Crippen LogP contribution is -2.26. The molecule has 0 atom stereocenters. The molecule has 3 rings (SSSR count). The van der Waals surface area contributed by atoms with Crippen LogP contribution < -0.4 is 16.4 Å². The van der Waals surface area contributed by atoms with Crippen LogP contribution >= 0.6 is 11.3 Å². The van der Waals surface area contributed by atoms with E-state index in [2.05, 4.69) is 10.6 Å². The van der Waals surface area contributed by atoms with Gasteiger partial charge in [-0.1, -0.05) is 0 Å². The van der Waals surface area contributed by atoms with E-state index in [9.17, 15) is 9.59 Å². The van der Waals surface area contributed by atoms with Crippen molar-refractivity contribution in [2.45, 2.75) is 38.6 Å². The van der Waals surface area contributed by atoms with Crippen LogP contribution in [0.1, 0.15) is 52.6 Å². The van der Waals surface area contributed by atoms with Crippen LogP contribution in [0.3, 0.4) is 0 Å². The van der Waals surface area contributed by atoms with Gasteiger partial charge in [0.25, 0.3) is 5.91 Å². The lowest BCUT2D eigenvalue weighted by Gasteiger charge is -2.18. The molecule has 0 spiro atoms. The van der Waals surface area contributed by atoms with Crippen molar-refractivity contribution in [1.29, 1.82) is 0 Å². The molecular formula is C15H21N3O2S. The van der Waals surface area contributed by atoms with E-state index in [1.165, 1.54) is 43.9 Å². The first kappa shape index (κ1) is 14.4. The van der Waals surface area contributed by atoms with Crippen LogP contribution in [-0.4, -0.2) is 24.8 Å². The van der Waals surface area contributed by atoms with E-state index in [1.807, 2.05) is 0 Å². The van der Waals surface area contributed by atoms with Crippen LogP contribution in [0.5, 0.6) is 0 Å². The number of anilines is 2. The molecule has 21 heavy (non-hydrogen) atoms. The summed E-state index contributed by atoms with van der Waals surface area (Å²) in [6.07, 6.45) is 5.02. The van der Waals surface area contributed by atoms with Gasteiger partial charge in [-0.25, -0.2) is 0 Å². The molecule has 0 bridgehead atoms. The second-order valence-corrected chi connectivity index (χ2v) is 7.05. The largest absolute Gasteiger partial charge is 0.397 e. The maximum absolute atomic E-state index is 12.1. The fourth-order valence-corrected chi connectivity index (χ4v) is 3.90. The third-order valence-electron chi connectivity index (χ3n) is 4.28. The highest BCUT2D eigenvalue weighted by Gasteiger charge is 2.42. The summed E-state index contributed by atoms with van der Waals surface area (Å²) in [5.41, 5.74) is 6.76. The van der Waals surface area contributed by atoms with Crippen molar-refractivity contribution in [3.05, 3.63) is 10.4 Å². The van der Waals surface area contributed by atoms with Gasteiger partial charge in [-0.3, -0.25) is 9.59 Å². The summed E-state index contributed by atoms with van der Waals surface area (Å²) in [7, 11) is 1.58. The molecule has 0 aromatic carbocycles. The van der Waals surface area contributed by atoms with Crippen molar-refractivity contribution in [3.63, 3.8) is 0 Å². The van der Waals surface area contributed by atoms with Crippen molar-refractivity contribution < 1.29 is 9.59 Å². The monoisotopic (exact) mass is 307 g/mol. The molecule has 2 saturated carbocycles. The number of nitrogens with two attached hydrogens (primary N) is 1. The quantitative estimate of drug-likeness (QED) is 0.705. The number of hydrogen-bond donors (Lipinski definition) is 3. The molecule has 1 aromatic rings. The average Bonchev–Trinajstić information content (AvgIpc) is 3.34. The Balaban J connectivity index is 1.93. The maximum atomic E-state index is 12.1. The van der Waals surface area contributed by atoms with Gasteiger partial charge in [0.2, 0.25) is 0 Å². The Morgan fingerprint density at radius 3 is 2.24 bits per heavy atom. The van der Waals surface area contributed by atoms with Crippen molar-refractivity contribution in [2.24, 2.45) is 11.8 Å². The van der Waals surface area contributed by atoms with Crippen LogP contribution in [0.2, 0.25) is 0 Å². The summed E-state index contributed by atoms with van der Waals surface area (Å²) in [6.45, 7) is 1.48. The first-order valence-electron chi connectivity index (χ1n) is 7.44. The van der Waals surface area contributed by atoms with Gasteiger partial charge in [-0.2, -0.15) is 0 Å². The van der Waals surface area contributed by atoms with Crippen molar-refractivity contribution in [3.8, 4) is 0 Å². The minimum Gasteiger partial charge on any atom is -0.397 e. The summed E-state index contributed by atoms with van der Waals surface area (Å²) in [5.74, 6) is 1.09. The number of nitrogen functional groups attached to an aromatic ring is 1. The fraction of sp³-hybridized carbons (Fsp3) is 0.600. The first-order chi connectivity index (χ1) is 10.0. The molecule has 2 aliphatic rings. The number of thiophene rings is 1. The molecular weight excluding hydrogens is 286 g/mol. The second kappa shape index (κ2) is 5.33. The minimum atomic E-state index is -0.232. The van der Waals surface area contributed by atoms with Gasteiger partial charge in [0.15, 0.2) is 5.78 Å². The predicted octanol–water partition coefficient (Wildman–Crippen LogP) is 2.49. The molecule has 0 unspecified atom stereocenters. The predicted molar refractivity (Wildman–Crippen MR) is 85.0 cm³/mol. The molecule has 2 aliphatic carbocycles. The lowest BCUT2D eigenvalue weighted by molar-refractivity contribution is 0.0965. The summed E-state index contributed by atoms with van der Waals surface area (Å²) in [4.78, 5) is 24.3. The lowest BCUT2D eigenvalue weighted by atomic mass is 10.1. The van der Waals surface area contributed by atoms with Crippen molar-refractivity contribution in [1.82, 2.24) is 5.32 Å². The minimum absolute atomic E-state index is 0.0925. The number of carbonyl (C=O) groups is 2. The molecule has 2 fully saturated rings. The van der Waals surface area contributed by atoms with Crippen LogP contribution in [0.4, 0.5) is 10.7 Å². The summed E-state index contributed by atoms with van der Waals surface area (Å²) in [5, 5.41) is 6.89. The molecule has 0 saturated heterocycles. The molecule has 6 heteroatoms. The third kappa shape index (κ3) is 2.77. The topological polar surface area (TPSA) is 84.2 Å². The molecule has 0 aliphatic heterocycles. The average molecular weight is 307 g/mol. The zero-order valence-corrected chi connectivity index (χ0v) is 13.2. The van der Waals surface area contributed by atoms with E-state index < -0.39 is 0 Å². The summed E-state index contributed by atoms with van der Waals surface area (Å²) in [6, 6.07) is 0.422. The third-order valence-corrected chi connectivity index (χ3v) is 5.51. The van der Waals surface area contributed by atoms with Crippen LogP contribution in [-0.2, 0) is 0 Å². The van der Waals surface area contributed by atoms with Crippen molar-refractivity contribution in [2.75, 3.05) is 18.1 Å². The van der Waals surface area contributed by atoms with E-state index in [4.69, 9.17) is 5.73 Å². The molecule has 4 N–H and O–H groups in total. The molecule has 1 heterocycles. The highest BCUT2D eigenvalue weighted by molar-refractivity contribution is 7.19.